The number of ether oxygens (including phenoxy) is 1. The third-order valence-electron chi connectivity index (χ3n) is 6.79. The first-order valence-corrected chi connectivity index (χ1v) is 13.9. The Morgan fingerprint density at radius 2 is 1.54 bits per heavy atom. The Morgan fingerprint density at radius 3 is 2.22 bits per heavy atom. The molecule has 194 valence electrons. The summed E-state index contributed by atoms with van der Waals surface area (Å²) in [6.45, 7) is 0.820. The predicted octanol–water partition coefficient (Wildman–Crippen LogP) is 6.31. The second-order valence-electron chi connectivity index (χ2n) is 9.61. The van der Waals surface area contributed by atoms with Crippen LogP contribution in [0.3, 0.4) is 0 Å². The lowest BCUT2D eigenvalue weighted by Crippen LogP contribution is -2.52. The van der Waals surface area contributed by atoms with E-state index in [1.807, 2.05) is 84.9 Å². The predicted molar refractivity (Wildman–Crippen MR) is 150 cm³/mol. The van der Waals surface area contributed by atoms with Gasteiger partial charge in [0.25, 0.3) is 0 Å². The minimum atomic E-state index is -0.589. The zero-order chi connectivity index (χ0) is 25.9. The van der Waals surface area contributed by atoms with Crippen LogP contribution in [0.5, 0.6) is 5.75 Å². The van der Waals surface area contributed by atoms with Gasteiger partial charge in [0.2, 0.25) is 11.8 Å². The number of rotatable bonds is 12. The topological polar surface area (TPSA) is 58.6 Å². The van der Waals surface area contributed by atoms with E-state index in [0.717, 1.165) is 47.0 Å². The molecule has 1 fully saturated rings. The van der Waals surface area contributed by atoms with Gasteiger partial charge in [-0.25, -0.2) is 0 Å². The van der Waals surface area contributed by atoms with E-state index < -0.39 is 6.04 Å². The molecular weight excluding hydrogens is 528 g/mol. The zero-order valence-electron chi connectivity index (χ0n) is 21.2. The molecule has 1 aliphatic rings. The van der Waals surface area contributed by atoms with Crippen molar-refractivity contribution in [1.29, 1.82) is 0 Å². The molecule has 6 heteroatoms. The lowest BCUT2D eigenvalue weighted by molar-refractivity contribution is -0.141. The van der Waals surface area contributed by atoms with Gasteiger partial charge in [0.15, 0.2) is 0 Å². The number of hydrogen-bond donors (Lipinski definition) is 1. The average molecular weight is 564 g/mol. The maximum Gasteiger partial charge on any atom is 0.243 e. The molecule has 37 heavy (non-hydrogen) atoms. The minimum Gasteiger partial charge on any atom is -0.494 e. The van der Waals surface area contributed by atoms with Crippen molar-refractivity contribution < 1.29 is 14.3 Å². The van der Waals surface area contributed by atoms with Gasteiger partial charge in [-0.3, -0.25) is 9.59 Å². The molecule has 1 atom stereocenters. The molecule has 0 aliphatic heterocycles. The molecule has 0 spiro atoms. The molecule has 4 rings (SSSR count). The van der Waals surface area contributed by atoms with Crippen molar-refractivity contribution in [2.75, 3.05) is 6.61 Å². The summed E-state index contributed by atoms with van der Waals surface area (Å²) in [5.41, 5.74) is 2.03. The Balaban J connectivity index is 1.52. The number of carbonyl (C=O) groups excluding carboxylic acids is 2. The average Bonchev–Trinajstić information content (AvgIpc) is 3.44. The molecule has 1 aliphatic carbocycles. The quantitative estimate of drug-likeness (QED) is 0.263. The molecule has 0 heterocycles. The molecule has 3 aromatic carbocycles. The highest BCUT2D eigenvalue weighted by Crippen LogP contribution is 2.21. The Kier molecular flexibility index (Phi) is 10.2. The molecule has 0 unspecified atom stereocenters. The van der Waals surface area contributed by atoms with Crippen molar-refractivity contribution in [2.45, 2.75) is 63.6 Å². The number of halogens is 1. The highest BCUT2D eigenvalue weighted by Gasteiger charge is 2.31. The Bertz CT molecular complexity index is 1120. The largest absolute Gasteiger partial charge is 0.494 e. The monoisotopic (exact) mass is 562 g/mol. The van der Waals surface area contributed by atoms with E-state index in [-0.39, 0.29) is 17.9 Å². The van der Waals surface area contributed by atoms with Crippen LogP contribution in [0.4, 0.5) is 0 Å². The van der Waals surface area contributed by atoms with Crippen molar-refractivity contribution in [1.82, 2.24) is 10.2 Å². The number of nitrogens with one attached hydrogen (secondary N) is 1. The molecule has 0 radical (unpaired) electrons. The molecule has 5 nitrogen and oxygen atoms in total. The van der Waals surface area contributed by atoms with Gasteiger partial charge in [-0.1, -0.05) is 89.4 Å². The Hall–Kier alpha value is -3.12. The summed E-state index contributed by atoms with van der Waals surface area (Å²) in [5, 5.41) is 3.25. The van der Waals surface area contributed by atoms with E-state index in [0.29, 0.717) is 32.4 Å². The second-order valence-corrected chi connectivity index (χ2v) is 10.5. The van der Waals surface area contributed by atoms with Crippen LogP contribution < -0.4 is 10.1 Å². The SMILES string of the molecule is O=C(NC1CCCC1)[C@H](Cc1ccccc1)N(Cc1ccc(Br)cc1)C(=O)CCCOc1ccccc1. The first-order chi connectivity index (χ1) is 18.1. The molecule has 0 aromatic heterocycles. The van der Waals surface area contributed by atoms with Crippen LogP contribution in [0.25, 0.3) is 0 Å². The lowest BCUT2D eigenvalue weighted by Gasteiger charge is -2.32. The number of amides is 2. The molecule has 1 N–H and O–H groups in total. The minimum absolute atomic E-state index is 0.0397. The fourth-order valence-electron chi connectivity index (χ4n) is 4.78. The van der Waals surface area contributed by atoms with Crippen LogP contribution in [-0.4, -0.2) is 35.4 Å². The fourth-order valence-corrected chi connectivity index (χ4v) is 5.05. The maximum atomic E-state index is 13.7. The van der Waals surface area contributed by atoms with Gasteiger partial charge in [-0.05, 0) is 54.7 Å². The van der Waals surface area contributed by atoms with E-state index in [2.05, 4.69) is 21.2 Å². The van der Waals surface area contributed by atoms with Crippen molar-refractivity contribution in [3.05, 3.63) is 101 Å². The van der Waals surface area contributed by atoms with E-state index in [4.69, 9.17) is 4.74 Å². The number of benzene rings is 3. The lowest BCUT2D eigenvalue weighted by atomic mass is 10.0. The van der Waals surface area contributed by atoms with Crippen LogP contribution in [0, 0.1) is 0 Å². The van der Waals surface area contributed by atoms with E-state index in [1.54, 1.807) is 4.90 Å². The highest BCUT2D eigenvalue weighted by molar-refractivity contribution is 9.10. The standard InChI is InChI=1S/C31H35BrN2O3/c32-26-19-17-25(18-20-26)23-34(30(35)16-9-21-37-28-14-5-2-6-15-28)29(22-24-10-3-1-4-11-24)31(36)33-27-12-7-8-13-27/h1-6,10-11,14-15,17-20,27,29H,7-9,12-13,16,21-23H2,(H,33,36)/t29-/m0/s1. The van der Waals surface area contributed by atoms with Crippen LogP contribution in [0.2, 0.25) is 0 Å². The van der Waals surface area contributed by atoms with Crippen molar-refractivity contribution in [3.8, 4) is 5.75 Å². The third-order valence-corrected chi connectivity index (χ3v) is 7.31. The maximum absolute atomic E-state index is 13.7. The van der Waals surface area contributed by atoms with Gasteiger partial charge < -0.3 is 15.0 Å². The van der Waals surface area contributed by atoms with Crippen LogP contribution >= 0.6 is 15.9 Å². The van der Waals surface area contributed by atoms with Gasteiger partial charge in [0, 0.05) is 29.9 Å². The van der Waals surface area contributed by atoms with Gasteiger partial charge in [0.1, 0.15) is 11.8 Å². The number of nitrogens with zero attached hydrogens (tertiary/aromatic N) is 1. The Morgan fingerprint density at radius 1 is 0.892 bits per heavy atom. The van der Waals surface area contributed by atoms with Gasteiger partial charge in [-0.15, -0.1) is 0 Å². The number of hydrogen-bond acceptors (Lipinski definition) is 3. The molecule has 0 saturated heterocycles. The first-order valence-electron chi connectivity index (χ1n) is 13.1. The summed E-state index contributed by atoms with van der Waals surface area (Å²) in [7, 11) is 0. The van der Waals surface area contributed by atoms with E-state index in [1.165, 1.54) is 0 Å². The van der Waals surface area contributed by atoms with Gasteiger partial charge in [-0.2, -0.15) is 0 Å². The van der Waals surface area contributed by atoms with Crippen LogP contribution in [-0.2, 0) is 22.6 Å². The summed E-state index contributed by atoms with van der Waals surface area (Å²) in [4.78, 5) is 29.1. The summed E-state index contributed by atoms with van der Waals surface area (Å²) in [5.74, 6) is 0.684. The Labute approximate surface area is 228 Å². The summed E-state index contributed by atoms with van der Waals surface area (Å²) < 4.78 is 6.78. The highest BCUT2D eigenvalue weighted by atomic mass is 79.9. The zero-order valence-corrected chi connectivity index (χ0v) is 22.7. The van der Waals surface area contributed by atoms with Crippen molar-refractivity contribution >= 4 is 27.7 Å². The summed E-state index contributed by atoms with van der Waals surface area (Å²) >= 11 is 3.49. The normalized spacial score (nSPS) is 14.2. The van der Waals surface area contributed by atoms with Crippen molar-refractivity contribution in [3.63, 3.8) is 0 Å². The fraction of sp³-hybridized carbons (Fsp3) is 0.355. The number of carbonyl (C=O) groups is 2. The van der Waals surface area contributed by atoms with Crippen LogP contribution in [0.1, 0.15) is 49.7 Å². The molecule has 0 bridgehead atoms. The first kappa shape index (κ1) is 26.9. The number of para-hydroxylation sites is 1. The molecular formula is C31H35BrN2O3. The summed E-state index contributed by atoms with van der Waals surface area (Å²) in [6, 6.07) is 27.1. The van der Waals surface area contributed by atoms with Gasteiger partial charge >= 0.3 is 0 Å². The smallest absolute Gasteiger partial charge is 0.243 e. The van der Waals surface area contributed by atoms with Crippen molar-refractivity contribution in [2.24, 2.45) is 0 Å². The third kappa shape index (κ3) is 8.46. The van der Waals surface area contributed by atoms with E-state index in [9.17, 15) is 9.59 Å². The molecule has 1 saturated carbocycles. The molecule has 3 aromatic rings. The summed E-state index contributed by atoms with van der Waals surface area (Å²) in [6.07, 6.45) is 5.64. The second kappa shape index (κ2) is 14.0. The van der Waals surface area contributed by atoms with Crippen LogP contribution in [0.15, 0.2) is 89.4 Å². The van der Waals surface area contributed by atoms with E-state index >= 15 is 0 Å². The van der Waals surface area contributed by atoms with Gasteiger partial charge in [0.05, 0.1) is 6.61 Å². The molecule has 2 amide bonds.